The van der Waals surface area contributed by atoms with Gasteiger partial charge in [0.2, 0.25) is 0 Å². The first-order valence-corrected chi connectivity index (χ1v) is 15.8. The number of hydrogen-bond donors (Lipinski definition) is 4. The van der Waals surface area contributed by atoms with E-state index in [4.69, 9.17) is 10.0 Å². The summed E-state index contributed by atoms with van der Waals surface area (Å²) < 4.78 is 4.90. The van der Waals surface area contributed by atoms with Gasteiger partial charge in [0, 0.05) is 22.2 Å². The SMILES string of the molecule is OB(O)c1ccccc1.Oc1cccc(-n2cnc3c(-c4ccccc4)cccc32)c1.Oc1cccc(-n2cnc3c(Br)cccc32)c1. The van der Waals surface area contributed by atoms with Gasteiger partial charge >= 0.3 is 7.12 Å². The van der Waals surface area contributed by atoms with E-state index in [2.05, 4.69) is 44.1 Å². The molecule has 8 rings (SSSR count). The van der Waals surface area contributed by atoms with Crippen LogP contribution in [0.2, 0.25) is 0 Å². The summed E-state index contributed by atoms with van der Waals surface area (Å²) in [5, 5.41) is 36.3. The van der Waals surface area contributed by atoms with Crippen LogP contribution in [0, 0.1) is 0 Å². The second kappa shape index (κ2) is 14.8. The Labute approximate surface area is 285 Å². The molecule has 0 unspecified atom stereocenters. The standard InChI is InChI=1S/C19H14N2O.C13H9BrN2O.C6H7BO2/c22-16-9-4-8-15(12-16)21-13-20-19-17(10-5-11-18(19)21)14-6-2-1-3-7-14;14-11-5-2-6-12-13(11)15-8-16(12)9-3-1-4-10(17)7-9;8-7(9)6-4-2-1-3-5-6/h1-13,22H;1-8,17H;1-5,8-9H. The van der Waals surface area contributed by atoms with Crippen LogP contribution in [0.4, 0.5) is 0 Å². The highest BCUT2D eigenvalue weighted by molar-refractivity contribution is 9.10. The molecule has 0 atom stereocenters. The van der Waals surface area contributed by atoms with Gasteiger partial charge in [-0.25, -0.2) is 9.97 Å². The number of aromatic nitrogens is 4. The molecule has 0 fully saturated rings. The maximum atomic E-state index is 9.68. The molecular formula is C38H30BBrN4O4. The molecule has 0 saturated heterocycles. The van der Waals surface area contributed by atoms with Gasteiger partial charge in [0.25, 0.3) is 0 Å². The van der Waals surface area contributed by atoms with Crippen molar-refractivity contribution < 1.29 is 20.3 Å². The zero-order valence-corrected chi connectivity index (χ0v) is 27.1. The molecule has 0 spiro atoms. The molecule has 0 saturated carbocycles. The molecule has 0 bridgehead atoms. The number of para-hydroxylation sites is 2. The van der Waals surface area contributed by atoms with Gasteiger partial charge in [0.15, 0.2) is 0 Å². The molecule has 2 aromatic heterocycles. The maximum absolute atomic E-state index is 9.68. The summed E-state index contributed by atoms with van der Waals surface area (Å²) in [4.78, 5) is 8.94. The first kappa shape index (κ1) is 32.3. The molecular weight excluding hydrogens is 667 g/mol. The Morgan fingerprint density at radius 3 is 1.56 bits per heavy atom. The second-order valence-electron chi connectivity index (χ2n) is 10.7. The van der Waals surface area contributed by atoms with E-state index in [1.165, 1.54) is 0 Å². The van der Waals surface area contributed by atoms with E-state index in [0.29, 0.717) is 5.46 Å². The minimum Gasteiger partial charge on any atom is -0.508 e. The number of halogens is 1. The molecule has 8 aromatic rings. The number of hydrogen-bond acceptors (Lipinski definition) is 6. The van der Waals surface area contributed by atoms with Crippen molar-refractivity contribution in [2.24, 2.45) is 0 Å². The third-order valence-corrected chi connectivity index (χ3v) is 8.14. The molecule has 10 heteroatoms. The monoisotopic (exact) mass is 696 g/mol. The third-order valence-electron chi connectivity index (χ3n) is 7.50. The van der Waals surface area contributed by atoms with Crippen molar-refractivity contribution in [3.8, 4) is 34.0 Å². The molecule has 0 aliphatic carbocycles. The average molecular weight is 697 g/mol. The summed E-state index contributed by atoms with van der Waals surface area (Å²) in [6.45, 7) is 0. The van der Waals surface area contributed by atoms with Crippen LogP contribution in [0.5, 0.6) is 11.5 Å². The molecule has 0 aliphatic rings. The lowest BCUT2D eigenvalue weighted by Gasteiger charge is -2.06. The Hall–Kier alpha value is -5.68. The fraction of sp³-hybridized carbons (Fsp3) is 0. The van der Waals surface area contributed by atoms with Crippen molar-refractivity contribution >= 4 is 50.6 Å². The average Bonchev–Trinajstić information content (AvgIpc) is 3.76. The van der Waals surface area contributed by atoms with Crippen molar-refractivity contribution in [3.63, 3.8) is 0 Å². The van der Waals surface area contributed by atoms with Crippen LogP contribution in [0.25, 0.3) is 44.6 Å². The number of phenolic OH excluding ortho intramolecular Hbond substituents is 2. The van der Waals surface area contributed by atoms with Gasteiger partial charge in [-0.1, -0.05) is 91.0 Å². The summed E-state index contributed by atoms with van der Waals surface area (Å²) in [6.07, 6.45) is 3.55. The fourth-order valence-electron chi connectivity index (χ4n) is 5.22. The van der Waals surface area contributed by atoms with Gasteiger partial charge < -0.3 is 20.3 Å². The number of benzene rings is 6. The summed E-state index contributed by atoms with van der Waals surface area (Å²) in [7, 11) is -1.34. The van der Waals surface area contributed by atoms with Crippen molar-refractivity contribution in [1.29, 1.82) is 0 Å². The van der Waals surface area contributed by atoms with Crippen LogP contribution in [0.3, 0.4) is 0 Å². The Morgan fingerprint density at radius 1 is 0.521 bits per heavy atom. The predicted molar refractivity (Wildman–Crippen MR) is 195 cm³/mol. The van der Waals surface area contributed by atoms with Crippen molar-refractivity contribution in [2.75, 3.05) is 0 Å². The quantitative estimate of drug-likeness (QED) is 0.144. The van der Waals surface area contributed by atoms with Gasteiger partial charge in [0.1, 0.15) is 29.7 Å². The Morgan fingerprint density at radius 2 is 1.02 bits per heavy atom. The minimum absolute atomic E-state index is 0.249. The van der Waals surface area contributed by atoms with Crippen molar-refractivity contribution in [2.45, 2.75) is 0 Å². The fourth-order valence-corrected chi connectivity index (χ4v) is 5.67. The summed E-state index contributed by atoms with van der Waals surface area (Å²) in [6, 6.07) is 45.3. The maximum Gasteiger partial charge on any atom is 0.488 e. The van der Waals surface area contributed by atoms with Crippen LogP contribution >= 0.6 is 15.9 Å². The number of fused-ring (bicyclic) bond motifs is 2. The number of nitrogens with zero attached hydrogens (tertiary/aromatic N) is 4. The molecule has 6 aromatic carbocycles. The van der Waals surface area contributed by atoms with Crippen molar-refractivity contribution in [1.82, 2.24) is 19.1 Å². The molecule has 236 valence electrons. The molecule has 0 radical (unpaired) electrons. The van der Waals surface area contributed by atoms with Gasteiger partial charge in [-0.2, -0.15) is 0 Å². The lowest BCUT2D eigenvalue weighted by molar-refractivity contribution is 0.425. The minimum atomic E-state index is -1.34. The van der Waals surface area contributed by atoms with E-state index >= 15 is 0 Å². The van der Waals surface area contributed by atoms with Gasteiger partial charge in [-0.05, 0) is 69.4 Å². The first-order valence-electron chi connectivity index (χ1n) is 15.0. The van der Waals surface area contributed by atoms with Gasteiger partial charge in [-0.15, -0.1) is 0 Å². The van der Waals surface area contributed by atoms with E-state index in [1.54, 1.807) is 61.2 Å². The number of rotatable bonds is 4. The number of phenols is 2. The lowest BCUT2D eigenvalue weighted by atomic mass is 9.81. The van der Waals surface area contributed by atoms with Crippen LogP contribution in [0.1, 0.15) is 0 Å². The summed E-state index contributed by atoms with van der Waals surface area (Å²) in [5.41, 5.74) is 8.46. The summed E-state index contributed by atoms with van der Waals surface area (Å²) >= 11 is 3.47. The van der Waals surface area contributed by atoms with Crippen molar-refractivity contribution in [3.05, 3.63) is 163 Å². The Balaban J connectivity index is 0.000000137. The van der Waals surface area contributed by atoms with Crippen LogP contribution < -0.4 is 5.46 Å². The first-order chi connectivity index (χ1) is 23.4. The van der Waals surface area contributed by atoms with Crippen LogP contribution in [0.15, 0.2) is 163 Å². The van der Waals surface area contributed by atoms with E-state index in [9.17, 15) is 10.2 Å². The smallest absolute Gasteiger partial charge is 0.488 e. The Bertz CT molecular complexity index is 2270. The molecule has 0 amide bonds. The van der Waals surface area contributed by atoms with E-state index in [1.807, 2.05) is 88.0 Å². The zero-order valence-electron chi connectivity index (χ0n) is 25.5. The highest BCUT2D eigenvalue weighted by atomic mass is 79.9. The van der Waals surface area contributed by atoms with Crippen LogP contribution in [-0.2, 0) is 0 Å². The summed E-state index contributed by atoms with van der Waals surface area (Å²) in [5.74, 6) is 0.498. The highest BCUT2D eigenvalue weighted by Crippen LogP contribution is 2.30. The van der Waals surface area contributed by atoms with E-state index in [0.717, 1.165) is 49.0 Å². The predicted octanol–water partition coefficient (Wildman–Crippen LogP) is 7.26. The lowest BCUT2D eigenvalue weighted by Crippen LogP contribution is -2.29. The van der Waals surface area contributed by atoms with E-state index < -0.39 is 7.12 Å². The largest absolute Gasteiger partial charge is 0.508 e. The van der Waals surface area contributed by atoms with Crippen LogP contribution in [-0.4, -0.2) is 46.5 Å². The molecule has 8 nitrogen and oxygen atoms in total. The molecule has 4 N–H and O–H groups in total. The Kier molecular flexibility index (Phi) is 9.97. The van der Waals surface area contributed by atoms with Gasteiger partial charge in [-0.3, -0.25) is 9.13 Å². The topological polar surface area (TPSA) is 117 Å². The molecule has 48 heavy (non-hydrogen) atoms. The zero-order chi connectivity index (χ0) is 33.5. The molecule has 2 heterocycles. The van der Waals surface area contributed by atoms with E-state index in [-0.39, 0.29) is 11.5 Å². The number of aromatic hydroxyl groups is 2. The van der Waals surface area contributed by atoms with Gasteiger partial charge in [0.05, 0.1) is 27.9 Å². The number of imidazole rings is 2. The third kappa shape index (κ3) is 7.32. The highest BCUT2D eigenvalue weighted by Gasteiger charge is 2.11. The molecule has 0 aliphatic heterocycles. The normalized spacial score (nSPS) is 10.6. The second-order valence-corrected chi connectivity index (χ2v) is 11.6.